The molecule has 0 aromatic carbocycles. The Balaban J connectivity index is 1.70. The summed E-state index contributed by atoms with van der Waals surface area (Å²) in [5.74, 6) is -0.988. The minimum atomic E-state index is -0.988. The molecule has 2 fully saturated rings. The number of carboxylic acid groups (broad SMARTS) is 1. The molecule has 0 aliphatic carbocycles. The van der Waals surface area contributed by atoms with Gasteiger partial charge in [0.15, 0.2) is 0 Å². The van der Waals surface area contributed by atoms with Crippen molar-refractivity contribution < 1.29 is 19.4 Å². The number of nitrogens with one attached hydrogen (secondary N) is 1. The highest BCUT2D eigenvalue weighted by Crippen LogP contribution is 2.24. The van der Waals surface area contributed by atoms with Gasteiger partial charge in [-0.3, -0.25) is 5.43 Å². The van der Waals surface area contributed by atoms with Gasteiger partial charge in [0.25, 0.3) is 0 Å². The molecule has 0 bridgehead atoms. The van der Waals surface area contributed by atoms with Crippen molar-refractivity contribution in [2.45, 2.75) is 31.8 Å². The number of urea groups is 1. The van der Waals surface area contributed by atoms with Crippen LogP contribution < -0.4 is 5.43 Å². The Morgan fingerprint density at radius 1 is 1.26 bits per heavy atom. The maximum absolute atomic E-state index is 11.9. The molecule has 0 radical (unpaired) electrons. The number of hydrogen-bond donors (Lipinski definition) is 2. The molecule has 2 aliphatic rings. The Labute approximate surface area is 112 Å². The van der Waals surface area contributed by atoms with Crippen molar-refractivity contribution in [1.82, 2.24) is 15.3 Å². The molecule has 2 heterocycles. The average molecular weight is 271 g/mol. The van der Waals surface area contributed by atoms with E-state index in [1.165, 1.54) is 6.42 Å². The summed E-state index contributed by atoms with van der Waals surface area (Å²) in [5.41, 5.74) is 2.34. The van der Waals surface area contributed by atoms with Crippen LogP contribution in [0.15, 0.2) is 0 Å². The molecule has 108 valence electrons. The Kier molecular flexibility index (Phi) is 4.26. The molecule has 2 amide bonds. The van der Waals surface area contributed by atoms with E-state index in [-0.39, 0.29) is 12.6 Å². The van der Waals surface area contributed by atoms with Crippen LogP contribution >= 0.6 is 0 Å². The van der Waals surface area contributed by atoms with Crippen molar-refractivity contribution in [2.75, 3.05) is 32.8 Å². The predicted molar refractivity (Wildman–Crippen MR) is 67.5 cm³/mol. The molecule has 0 unspecified atom stereocenters. The maximum atomic E-state index is 11.9. The van der Waals surface area contributed by atoms with Gasteiger partial charge in [0.1, 0.15) is 12.2 Å². The van der Waals surface area contributed by atoms with Gasteiger partial charge in [-0.05, 0) is 19.8 Å². The van der Waals surface area contributed by atoms with Crippen molar-refractivity contribution in [2.24, 2.45) is 0 Å². The SMILES string of the molecule is CC1(OCC(=O)O)CN(C(=O)NN2CCCCC2)C1. The second-order valence-electron chi connectivity index (χ2n) is 5.45. The monoisotopic (exact) mass is 271 g/mol. The van der Waals surface area contributed by atoms with E-state index in [9.17, 15) is 9.59 Å². The molecule has 2 aliphatic heterocycles. The molecule has 2 N–H and O–H groups in total. The normalized spacial score (nSPS) is 22.7. The maximum Gasteiger partial charge on any atom is 0.332 e. The van der Waals surface area contributed by atoms with Crippen LogP contribution in [0.3, 0.4) is 0 Å². The van der Waals surface area contributed by atoms with E-state index in [0.717, 1.165) is 25.9 Å². The number of aliphatic carboxylic acids is 1. The lowest BCUT2D eigenvalue weighted by atomic mass is 9.97. The smallest absolute Gasteiger partial charge is 0.332 e. The third-order valence-electron chi connectivity index (χ3n) is 3.49. The van der Waals surface area contributed by atoms with Crippen molar-refractivity contribution in [3.63, 3.8) is 0 Å². The van der Waals surface area contributed by atoms with Crippen LogP contribution in [0.5, 0.6) is 0 Å². The zero-order chi connectivity index (χ0) is 13.9. The Morgan fingerprint density at radius 3 is 2.47 bits per heavy atom. The van der Waals surface area contributed by atoms with Crippen molar-refractivity contribution in [3.8, 4) is 0 Å². The lowest BCUT2D eigenvalue weighted by Crippen LogP contribution is -2.66. The number of likely N-dealkylation sites (tertiary alicyclic amines) is 1. The number of amides is 2. The summed E-state index contributed by atoms with van der Waals surface area (Å²) < 4.78 is 5.26. The zero-order valence-corrected chi connectivity index (χ0v) is 11.2. The molecule has 0 atom stereocenters. The first kappa shape index (κ1) is 14.1. The minimum absolute atomic E-state index is 0.127. The largest absolute Gasteiger partial charge is 0.480 e. The number of nitrogens with zero attached hydrogens (tertiary/aromatic N) is 2. The van der Waals surface area contributed by atoms with Crippen LogP contribution in [0.25, 0.3) is 0 Å². The minimum Gasteiger partial charge on any atom is -0.480 e. The molecular weight excluding hydrogens is 250 g/mol. The molecule has 0 saturated carbocycles. The van der Waals surface area contributed by atoms with E-state index in [1.54, 1.807) is 4.90 Å². The molecule has 0 aromatic heterocycles. The number of carbonyl (C=O) groups is 2. The summed E-state index contributed by atoms with van der Waals surface area (Å²) in [6, 6.07) is -0.127. The van der Waals surface area contributed by atoms with E-state index >= 15 is 0 Å². The van der Waals surface area contributed by atoms with Crippen molar-refractivity contribution in [3.05, 3.63) is 0 Å². The Bertz CT molecular complexity index is 349. The summed E-state index contributed by atoms with van der Waals surface area (Å²) >= 11 is 0. The number of ether oxygens (including phenoxy) is 1. The van der Waals surface area contributed by atoms with Crippen LogP contribution in [-0.2, 0) is 9.53 Å². The van der Waals surface area contributed by atoms with Crippen LogP contribution in [0.2, 0.25) is 0 Å². The first-order valence-corrected chi connectivity index (χ1v) is 6.65. The van der Waals surface area contributed by atoms with Gasteiger partial charge in [0.2, 0.25) is 0 Å². The highest BCUT2D eigenvalue weighted by atomic mass is 16.5. The van der Waals surface area contributed by atoms with E-state index in [4.69, 9.17) is 9.84 Å². The quantitative estimate of drug-likeness (QED) is 0.767. The van der Waals surface area contributed by atoms with Crippen LogP contribution in [-0.4, -0.2) is 65.4 Å². The van der Waals surface area contributed by atoms with E-state index < -0.39 is 11.6 Å². The van der Waals surface area contributed by atoms with Crippen molar-refractivity contribution >= 4 is 12.0 Å². The summed E-state index contributed by atoms with van der Waals surface area (Å²) in [6.07, 6.45) is 3.44. The molecule has 0 aromatic rings. The fourth-order valence-corrected chi connectivity index (χ4v) is 2.44. The van der Waals surface area contributed by atoms with Gasteiger partial charge in [-0.25, -0.2) is 14.6 Å². The molecule has 0 spiro atoms. The van der Waals surface area contributed by atoms with Gasteiger partial charge in [0.05, 0.1) is 13.1 Å². The van der Waals surface area contributed by atoms with Gasteiger partial charge in [-0.15, -0.1) is 0 Å². The molecule has 2 rings (SSSR count). The number of piperidine rings is 1. The molecule has 7 heteroatoms. The summed E-state index contributed by atoms with van der Waals surface area (Å²) in [6.45, 7) is 4.15. The van der Waals surface area contributed by atoms with Gasteiger partial charge in [0, 0.05) is 13.1 Å². The number of rotatable bonds is 4. The first-order chi connectivity index (χ1) is 8.98. The summed E-state index contributed by atoms with van der Waals surface area (Å²) in [7, 11) is 0. The van der Waals surface area contributed by atoms with Gasteiger partial charge in [-0.1, -0.05) is 6.42 Å². The fraction of sp³-hybridized carbons (Fsp3) is 0.833. The first-order valence-electron chi connectivity index (χ1n) is 6.65. The standard InChI is InChI=1S/C12H21N3O4/c1-12(19-7-10(16)17)8-14(9-12)11(18)13-15-5-3-2-4-6-15/h2-9H2,1H3,(H,13,18)(H,16,17). The topological polar surface area (TPSA) is 82.1 Å². The number of carbonyl (C=O) groups excluding carboxylic acids is 1. The number of hydrazine groups is 1. The second kappa shape index (κ2) is 5.75. The van der Waals surface area contributed by atoms with Gasteiger partial charge < -0.3 is 14.7 Å². The fourth-order valence-electron chi connectivity index (χ4n) is 2.44. The zero-order valence-electron chi connectivity index (χ0n) is 11.2. The summed E-state index contributed by atoms with van der Waals surface area (Å²) in [5, 5.41) is 10.5. The molecular formula is C12H21N3O4. The van der Waals surface area contributed by atoms with Gasteiger partial charge in [-0.2, -0.15) is 0 Å². The Morgan fingerprint density at radius 2 is 1.89 bits per heavy atom. The second-order valence-corrected chi connectivity index (χ2v) is 5.45. The molecule has 7 nitrogen and oxygen atoms in total. The molecule has 2 saturated heterocycles. The van der Waals surface area contributed by atoms with E-state index in [0.29, 0.717) is 13.1 Å². The lowest BCUT2D eigenvalue weighted by Gasteiger charge is -2.47. The van der Waals surface area contributed by atoms with Crippen LogP contribution in [0.1, 0.15) is 26.2 Å². The average Bonchev–Trinajstić information content (AvgIpc) is 2.34. The van der Waals surface area contributed by atoms with Crippen molar-refractivity contribution in [1.29, 1.82) is 0 Å². The van der Waals surface area contributed by atoms with E-state index in [2.05, 4.69) is 5.43 Å². The third kappa shape index (κ3) is 3.81. The number of carboxylic acids is 1. The van der Waals surface area contributed by atoms with Gasteiger partial charge >= 0.3 is 12.0 Å². The highest BCUT2D eigenvalue weighted by molar-refractivity contribution is 5.75. The molecule has 19 heavy (non-hydrogen) atoms. The Hall–Kier alpha value is -1.34. The van der Waals surface area contributed by atoms with Crippen LogP contribution in [0.4, 0.5) is 4.79 Å². The lowest BCUT2D eigenvalue weighted by molar-refractivity contribution is -0.159. The van der Waals surface area contributed by atoms with Crippen LogP contribution in [0, 0.1) is 0 Å². The highest BCUT2D eigenvalue weighted by Gasteiger charge is 2.43. The summed E-state index contributed by atoms with van der Waals surface area (Å²) in [4.78, 5) is 24.0. The third-order valence-corrected chi connectivity index (χ3v) is 3.49. The number of hydrogen-bond acceptors (Lipinski definition) is 4. The van der Waals surface area contributed by atoms with E-state index in [1.807, 2.05) is 11.9 Å². The predicted octanol–water partition coefficient (Wildman–Crippen LogP) is 0.272.